The van der Waals surface area contributed by atoms with Gasteiger partial charge in [0.15, 0.2) is 0 Å². The van der Waals surface area contributed by atoms with Crippen molar-refractivity contribution in [3.63, 3.8) is 0 Å². The third kappa shape index (κ3) is 3.48. The van der Waals surface area contributed by atoms with Gasteiger partial charge in [-0.25, -0.2) is 0 Å². The van der Waals surface area contributed by atoms with Gasteiger partial charge in [-0.3, -0.25) is 4.79 Å². The van der Waals surface area contributed by atoms with Gasteiger partial charge >= 0.3 is 0 Å². The number of benzene rings is 1. The zero-order chi connectivity index (χ0) is 18.2. The molecule has 5 nitrogen and oxygen atoms in total. The molecule has 146 valence electrons. The SMILES string of the molecule is CCOC1CC(N)(C(=O)N2CCOC(c3ccccc3Cl)C2)C1(C)C.Cl. The maximum Gasteiger partial charge on any atom is 0.243 e. The standard InChI is InChI=1S/C19H27ClN2O3.ClH/c1-4-24-16-11-19(21,18(16,2)3)17(23)22-9-10-25-15(12-22)13-7-5-6-8-14(13)20;/h5-8,15-16H,4,9-12,21H2,1-3H3;1H. The minimum atomic E-state index is -0.894. The summed E-state index contributed by atoms with van der Waals surface area (Å²) in [4.78, 5) is 15.0. The van der Waals surface area contributed by atoms with Crippen molar-refractivity contribution in [2.24, 2.45) is 11.1 Å². The second-order valence-corrected chi connectivity index (χ2v) is 7.88. The van der Waals surface area contributed by atoms with Gasteiger partial charge in [-0.05, 0) is 13.0 Å². The fraction of sp³-hybridized carbons (Fsp3) is 0.632. The average molecular weight is 403 g/mol. The van der Waals surface area contributed by atoms with E-state index in [0.717, 1.165) is 5.56 Å². The van der Waals surface area contributed by atoms with Gasteiger partial charge < -0.3 is 20.1 Å². The molecule has 1 aliphatic heterocycles. The molecule has 2 fully saturated rings. The number of morpholine rings is 1. The largest absolute Gasteiger partial charge is 0.378 e. The molecule has 1 saturated heterocycles. The predicted octanol–water partition coefficient (Wildman–Crippen LogP) is 3.19. The molecule has 3 unspecified atom stereocenters. The molecule has 1 aromatic rings. The Bertz CT molecular complexity index is 655. The summed E-state index contributed by atoms with van der Waals surface area (Å²) in [6, 6.07) is 7.60. The topological polar surface area (TPSA) is 64.8 Å². The first-order valence-electron chi connectivity index (χ1n) is 8.87. The van der Waals surface area contributed by atoms with Crippen molar-refractivity contribution in [2.75, 3.05) is 26.3 Å². The summed E-state index contributed by atoms with van der Waals surface area (Å²) >= 11 is 6.29. The normalized spacial score (nSPS) is 30.3. The quantitative estimate of drug-likeness (QED) is 0.839. The Morgan fingerprint density at radius 3 is 2.73 bits per heavy atom. The molecule has 0 spiro atoms. The van der Waals surface area contributed by atoms with Crippen molar-refractivity contribution >= 4 is 29.9 Å². The number of hydrogen-bond acceptors (Lipinski definition) is 4. The van der Waals surface area contributed by atoms with Gasteiger partial charge in [0, 0.05) is 35.6 Å². The fourth-order valence-electron chi connectivity index (χ4n) is 3.84. The molecule has 1 heterocycles. The molecule has 26 heavy (non-hydrogen) atoms. The van der Waals surface area contributed by atoms with Crippen LogP contribution in [0.3, 0.4) is 0 Å². The molecule has 1 saturated carbocycles. The first-order chi connectivity index (χ1) is 11.8. The number of amides is 1. The van der Waals surface area contributed by atoms with Crippen LogP contribution in [-0.2, 0) is 14.3 Å². The van der Waals surface area contributed by atoms with Gasteiger partial charge in [0.1, 0.15) is 11.6 Å². The molecule has 0 radical (unpaired) electrons. The molecule has 1 amide bonds. The zero-order valence-corrected chi connectivity index (χ0v) is 17.1. The van der Waals surface area contributed by atoms with Gasteiger partial charge in [-0.15, -0.1) is 12.4 Å². The zero-order valence-electron chi connectivity index (χ0n) is 15.5. The lowest BCUT2D eigenvalue weighted by atomic mass is 9.54. The second kappa shape index (κ2) is 8.03. The monoisotopic (exact) mass is 402 g/mol. The number of hydrogen-bond donors (Lipinski definition) is 1. The molecule has 1 aromatic carbocycles. The number of halogens is 2. The van der Waals surface area contributed by atoms with E-state index in [0.29, 0.717) is 37.7 Å². The number of rotatable bonds is 4. The van der Waals surface area contributed by atoms with Crippen LogP contribution in [0.1, 0.15) is 38.9 Å². The number of carbonyl (C=O) groups excluding carboxylic acids is 1. The predicted molar refractivity (Wildman–Crippen MR) is 105 cm³/mol. The molecule has 0 bridgehead atoms. The Kier molecular flexibility index (Phi) is 6.62. The highest BCUT2D eigenvalue weighted by Gasteiger charge is 2.63. The highest BCUT2D eigenvalue weighted by molar-refractivity contribution is 6.31. The average Bonchev–Trinajstić information content (AvgIpc) is 2.61. The van der Waals surface area contributed by atoms with Crippen LogP contribution in [0.2, 0.25) is 5.02 Å². The first kappa shape index (κ1) is 21.5. The third-order valence-electron chi connectivity index (χ3n) is 5.82. The van der Waals surface area contributed by atoms with Crippen LogP contribution in [-0.4, -0.2) is 48.8 Å². The van der Waals surface area contributed by atoms with Crippen LogP contribution in [0.15, 0.2) is 24.3 Å². The smallest absolute Gasteiger partial charge is 0.243 e. The van der Waals surface area contributed by atoms with Gasteiger partial charge in [-0.1, -0.05) is 43.6 Å². The Balaban J connectivity index is 0.00000243. The maximum atomic E-state index is 13.2. The molecule has 0 aromatic heterocycles. The molecule has 1 aliphatic carbocycles. The molecular weight excluding hydrogens is 375 g/mol. The van der Waals surface area contributed by atoms with Crippen LogP contribution in [0, 0.1) is 5.41 Å². The van der Waals surface area contributed by atoms with E-state index in [1.54, 1.807) is 0 Å². The van der Waals surface area contributed by atoms with Gasteiger partial charge in [0.05, 0.1) is 19.3 Å². The van der Waals surface area contributed by atoms with Gasteiger partial charge in [0.25, 0.3) is 0 Å². The summed E-state index contributed by atoms with van der Waals surface area (Å²) in [5.41, 5.74) is 6.18. The van der Waals surface area contributed by atoms with Crippen molar-refractivity contribution in [1.82, 2.24) is 4.90 Å². The van der Waals surface area contributed by atoms with Crippen molar-refractivity contribution in [3.05, 3.63) is 34.9 Å². The maximum absolute atomic E-state index is 13.2. The fourth-order valence-corrected chi connectivity index (χ4v) is 4.10. The van der Waals surface area contributed by atoms with Crippen LogP contribution in [0.4, 0.5) is 0 Å². The Hall–Kier alpha value is -0.850. The van der Waals surface area contributed by atoms with Crippen molar-refractivity contribution in [1.29, 1.82) is 0 Å². The van der Waals surface area contributed by atoms with E-state index in [4.69, 9.17) is 26.8 Å². The second-order valence-electron chi connectivity index (χ2n) is 7.47. The molecule has 7 heteroatoms. The van der Waals surface area contributed by atoms with Crippen LogP contribution >= 0.6 is 24.0 Å². The van der Waals surface area contributed by atoms with E-state index in [9.17, 15) is 4.79 Å². The number of nitrogens with two attached hydrogens (primary N) is 1. The Labute approximate surface area is 166 Å². The molecule has 3 rings (SSSR count). The van der Waals surface area contributed by atoms with Crippen molar-refractivity contribution in [2.45, 2.75) is 44.9 Å². The van der Waals surface area contributed by atoms with Crippen LogP contribution < -0.4 is 5.73 Å². The van der Waals surface area contributed by atoms with Crippen LogP contribution in [0.25, 0.3) is 0 Å². The van der Waals surface area contributed by atoms with Crippen molar-refractivity contribution in [3.8, 4) is 0 Å². The van der Waals surface area contributed by atoms with E-state index in [2.05, 4.69) is 0 Å². The number of ether oxygens (including phenoxy) is 2. The summed E-state index contributed by atoms with van der Waals surface area (Å²) in [5, 5.41) is 0.657. The van der Waals surface area contributed by atoms with Crippen molar-refractivity contribution < 1.29 is 14.3 Å². The molecule has 3 atom stereocenters. The number of carbonyl (C=O) groups is 1. The number of nitrogens with zero attached hydrogens (tertiary/aromatic N) is 1. The minimum Gasteiger partial charge on any atom is -0.378 e. The highest BCUT2D eigenvalue weighted by Crippen LogP contribution is 2.50. The first-order valence-corrected chi connectivity index (χ1v) is 9.25. The lowest BCUT2D eigenvalue weighted by Gasteiger charge is -2.59. The molecular formula is C19H28Cl2N2O3. The summed E-state index contributed by atoms with van der Waals surface area (Å²) in [7, 11) is 0. The van der Waals surface area contributed by atoms with Crippen LogP contribution in [0.5, 0.6) is 0 Å². The summed E-state index contributed by atoms with van der Waals surface area (Å²) in [6.07, 6.45) is 0.355. The van der Waals surface area contributed by atoms with E-state index >= 15 is 0 Å². The van der Waals surface area contributed by atoms with Gasteiger partial charge in [-0.2, -0.15) is 0 Å². The Morgan fingerprint density at radius 2 is 2.12 bits per heavy atom. The van der Waals surface area contributed by atoms with Gasteiger partial charge in [0.2, 0.25) is 5.91 Å². The summed E-state index contributed by atoms with van der Waals surface area (Å²) in [5.74, 6) is -0.0196. The van der Waals surface area contributed by atoms with E-state index < -0.39 is 11.0 Å². The summed E-state index contributed by atoms with van der Waals surface area (Å²) < 4.78 is 11.6. The van der Waals surface area contributed by atoms with E-state index in [1.807, 2.05) is 49.9 Å². The lowest BCUT2D eigenvalue weighted by molar-refractivity contribution is -0.184. The van der Waals surface area contributed by atoms with E-state index in [-0.39, 0.29) is 30.5 Å². The van der Waals surface area contributed by atoms with E-state index in [1.165, 1.54) is 0 Å². The molecule has 2 aliphatic rings. The Morgan fingerprint density at radius 1 is 1.42 bits per heavy atom. The summed E-state index contributed by atoms with van der Waals surface area (Å²) in [6.45, 7) is 8.12. The highest BCUT2D eigenvalue weighted by atomic mass is 35.5. The third-order valence-corrected chi connectivity index (χ3v) is 6.16. The minimum absolute atomic E-state index is 0. The molecule has 2 N–H and O–H groups in total. The lowest BCUT2D eigenvalue weighted by Crippen LogP contribution is -2.76.